The lowest BCUT2D eigenvalue weighted by Gasteiger charge is -2.10. The molecule has 4 heteroatoms. The van der Waals surface area contributed by atoms with E-state index in [0.29, 0.717) is 18.3 Å². The molecule has 0 aliphatic carbocycles. The molecule has 1 heterocycles. The summed E-state index contributed by atoms with van der Waals surface area (Å²) in [7, 11) is 0. The zero-order valence-corrected chi connectivity index (χ0v) is 11.7. The molecular formula is C15H21N3O. The number of nitrogen functional groups attached to an aromatic ring is 1. The third-order valence-corrected chi connectivity index (χ3v) is 3.38. The van der Waals surface area contributed by atoms with E-state index in [1.807, 2.05) is 31.2 Å². The number of hydrogen-bond acceptors (Lipinski definition) is 3. The molecule has 0 aliphatic heterocycles. The molecule has 0 aliphatic rings. The molecule has 0 saturated carbocycles. The number of anilines is 1. The van der Waals surface area contributed by atoms with E-state index >= 15 is 0 Å². The maximum atomic E-state index is 5.99. The Morgan fingerprint density at radius 1 is 1.26 bits per heavy atom. The maximum absolute atomic E-state index is 5.99. The Morgan fingerprint density at radius 2 is 1.95 bits per heavy atom. The number of aromatic nitrogens is 2. The number of ether oxygens (including phenoxy) is 1. The van der Waals surface area contributed by atoms with Crippen molar-refractivity contribution in [3.8, 4) is 16.9 Å². The summed E-state index contributed by atoms with van der Waals surface area (Å²) in [6, 6.07) is 7.98. The number of aromatic amines is 1. The highest BCUT2D eigenvalue weighted by molar-refractivity contribution is 5.77. The first-order valence-corrected chi connectivity index (χ1v) is 6.74. The van der Waals surface area contributed by atoms with Gasteiger partial charge in [-0.05, 0) is 37.0 Å². The average Bonchev–Trinajstić information content (AvgIpc) is 2.81. The molecular weight excluding hydrogens is 238 g/mol. The molecule has 3 N–H and O–H groups in total. The summed E-state index contributed by atoms with van der Waals surface area (Å²) >= 11 is 0. The summed E-state index contributed by atoms with van der Waals surface area (Å²) in [6.45, 7) is 6.98. The molecule has 4 nitrogen and oxygen atoms in total. The molecule has 1 unspecified atom stereocenters. The topological polar surface area (TPSA) is 63.9 Å². The summed E-state index contributed by atoms with van der Waals surface area (Å²) < 4.78 is 5.45. The van der Waals surface area contributed by atoms with Gasteiger partial charge >= 0.3 is 0 Å². The first kappa shape index (κ1) is 13.5. The molecule has 0 radical (unpaired) electrons. The van der Waals surface area contributed by atoms with Crippen molar-refractivity contribution in [1.82, 2.24) is 10.2 Å². The van der Waals surface area contributed by atoms with Gasteiger partial charge in [0.25, 0.3) is 0 Å². The second-order valence-corrected chi connectivity index (χ2v) is 4.66. The molecule has 1 aromatic carbocycles. The highest BCUT2D eigenvalue weighted by Crippen LogP contribution is 2.34. The SMILES string of the molecule is CCOc1ccc(-c2c(N)n[nH]c2C(C)CC)cc1. The molecule has 0 amide bonds. The maximum Gasteiger partial charge on any atom is 0.153 e. The molecule has 0 spiro atoms. The molecule has 19 heavy (non-hydrogen) atoms. The Labute approximate surface area is 114 Å². The molecule has 0 fully saturated rings. The van der Waals surface area contributed by atoms with Crippen molar-refractivity contribution in [3.63, 3.8) is 0 Å². The number of rotatable bonds is 5. The highest BCUT2D eigenvalue weighted by Gasteiger charge is 2.17. The second kappa shape index (κ2) is 5.78. The standard InChI is InChI=1S/C15H21N3O/c1-4-10(3)14-13(15(16)18-17-14)11-6-8-12(9-7-11)19-5-2/h6-10H,4-5H2,1-3H3,(H3,16,17,18). The van der Waals surface area contributed by atoms with Gasteiger partial charge in [-0.3, -0.25) is 5.10 Å². The van der Waals surface area contributed by atoms with Crippen molar-refractivity contribution in [2.75, 3.05) is 12.3 Å². The van der Waals surface area contributed by atoms with Crippen LogP contribution in [0.3, 0.4) is 0 Å². The van der Waals surface area contributed by atoms with Crippen LogP contribution in [0.5, 0.6) is 5.75 Å². The Bertz CT molecular complexity index is 531. The first-order chi connectivity index (χ1) is 9.17. The van der Waals surface area contributed by atoms with Gasteiger partial charge in [0.1, 0.15) is 5.75 Å². The van der Waals surface area contributed by atoms with Crippen LogP contribution in [0.25, 0.3) is 11.1 Å². The molecule has 2 aromatic rings. The number of hydrogen-bond donors (Lipinski definition) is 2. The fourth-order valence-electron chi connectivity index (χ4n) is 2.12. The lowest BCUT2D eigenvalue weighted by molar-refractivity contribution is 0.340. The fourth-order valence-corrected chi connectivity index (χ4v) is 2.12. The van der Waals surface area contributed by atoms with E-state index < -0.39 is 0 Å². The van der Waals surface area contributed by atoms with Gasteiger partial charge in [0.05, 0.1) is 6.61 Å². The van der Waals surface area contributed by atoms with E-state index in [0.717, 1.165) is 29.0 Å². The predicted molar refractivity (Wildman–Crippen MR) is 78.3 cm³/mol. The van der Waals surface area contributed by atoms with Crippen LogP contribution in [-0.2, 0) is 0 Å². The molecule has 1 aromatic heterocycles. The van der Waals surface area contributed by atoms with Crippen LogP contribution in [-0.4, -0.2) is 16.8 Å². The zero-order chi connectivity index (χ0) is 13.8. The lowest BCUT2D eigenvalue weighted by atomic mass is 9.96. The minimum Gasteiger partial charge on any atom is -0.494 e. The van der Waals surface area contributed by atoms with Gasteiger partial charge in [0, 0.05) is 11.3 Å². The second-order valence-electron chi connectivity index (χ2n) is 4.66. The Kier molecular flexibility index (Phi) is 4.10. The van der Waals surface area contributed by atoms with Gasteiger partial charge in [-0.1, -0.05) is 26.0 Å². The van der Waals surface area contributed by atoms with Gasteiger partial charge in [-0.15, -0.1) is 0 Å². The Morgan fingerprint density at radius 3 is 2.53 bits per heavy atom. The normalized spacial score (nSPS) is 12.4. The number of nitrogens with two attached hydrogens (primary N) is 1. The van der Waals surface area contributed by atoms with E-state index in [1.165, 1.54) is 0 Å². The summed E-state index contributed by atoms with van der Waals surface area (Å²) in [5.74, 6) is 1.84. The van der Waals surface area contributed by atoms with Crippen molar-refractivity contribution >= 4 is 5.82 Å². The van der Waals surface area contributed by atoms with Crippen LogP contribution < -0.4 is 10.5 Å². The van der Waals surface area contributed by atoms with Crippen LogP contribution in [0.4, 0.5) is 5.82 Å². The number of benzene rings is 1. The average molecular weight is 259 g/mol. The van der Waals surface area contributed by atoms with E-state index in [9.17, 15) is 0 Å². The summed E-state index contributed by atoms with van der Waals surface area (Å²) in [6.07, 6.45) is 1.05. The summed E-state index contributed by atoms with van der Waals surface area (Å²) in [5.41, 5.74) is 9.18. The number of nitrogens with one attached hydrogen (secondary N) is 1. The van der Waals surface area contributed by atoms with Gasteiger partial charge in [0.15, 0.2) is 5.82 Å². The highest BCUT2D eigenvalue weighted by atomic mass is 16.5. The van der Waals surface area contributed by atoms with E-state index in [2.05, 4.69) is 24.0 Å². The molecule has 1 atom stereocenters. The Hall–Kier alpha value is -1.97. The van der Waals surface area contributed by atoms with Crippen LogP contribution >= 0.6 is 0 Å². The van der Waals surface area contributed by atoms with E-state index in [1.54, 1.807) is 0 Å². The van der Waals surface area contributed by atoms with E-state index in [-0.39, 0.29) is 0 Å². The van der Waals surface area contributed by atoms with Crippen molar-refractivity contribution < 1.29 is 4.74 Å². The van der Waals surface area contributed by atoms with Crippen LogP contribution in [0.1, 0.15) is 38.8 Å². The number of H-pyrrole nitrogens is 1. The summed E-state index contributed by atoms with van der Waals surface area (Å²) in [5, 5.41) is 7.20. The molecule has 0 bridgehead atoms. The first-order valence-electron chi connectivity index (χ1n) is 6.74. The smallest absolute Gasteiger partial charge is 0.153 e. The third kappa shape index (κ3) is 2.72. The summed E-state index contributed by atoms with van der Waals surface area (Å²) in [4.78, 5) is 0. The predicted octanol–water partition coefficient (Wildman–Crippen LogP) is 3.57. The minimum absolute atomic E-state index is 0.409. The minimum atomic E-state index is 0.409. The van der Waals surface area contributed by atoms with Crippen LogP contribution in [0, 0.1) is 0 Å². The van der Waals surface area contributed by atoms with Crippen LogP contribution in [0.15, 0.2) is 24.3 Å². The molecule has 102 valence electrons. The third-order valence-electron chi connectivity index (χ3n) is 3.38. The fraction of sp³-hybridized carbons (Fsp3) is 0.400. The van der Waals surface area contributed by atoms with Gasteiger partial charge in [0.2, 0.25) is 0 Å². The quantitative estimate of drug-likeness (QED) is 0.862. The van der Waals surface area contributed by atoms with Crippen molar-refractivity contribution in [3.05, 3.63) is 30.0 Å². The van der Waals surface area contributed by atoms with E-state index in [4.69, 9.17) is 10.5 Å². The monoisotopic (exact) mass is 259 g/mol. The van der Waals surface area contributed by atoms with Gasteiger partial charge < -0.3 is 10.5 Å². The largest absolute Gasteiger partial charge is 0.494 e. The van der Waals surface area contributed by atoms with Gasteiger partial charge in [-0.25, -0.2) is 0 Å². The Balaban J connectivity index is 2.38. The van der Waals surface area contributed by atoms with Crippen LogP contribution in [0.2, 0.25) is 0 Å². The molecule has 0 saturated heterocycles. The lowest BCUT2D eigenvalue weighted by Crippen LogP contribution is -1.96. The van der Waals surface area contributed by atoms with Crippen molar-refractivity contribution in [1.29, 1.82) is 0 Å². The van der Waals surface area contributed by atoms with Crippen molar-refractivity contribution in [2.45, 2.75) is 33.1 Å². The number of nitrogens with zero attached hydrogens (tertiary/aromatic N) is 1. The zero-order valence-electron chi connectivity index (χ0n) is 11.7. The molecule has 2 rings (SSSR count). The van der Waals surface area contributed by atoms with Crippen molar-refractivity contribution in [2.24, 2.45) is 0 Å². The van der Waals surface area contributed by atoms with Gasteiger partial charge in [-0.2, -0.15) is 5.10 Å².